The molecule has 1 aromatic rings. The van der Waals surface area contributed by atoms with E-state index in [9.17, 15) is 8.42 Å². The lowest BCUT2D eigenvalue weighted by molar-refractivity contribution is 0.306. The summed E-state index contributed by atoms with van der Waals surface area (Å²) in [6, 6.07) is 8.88. The summed E-state index contributed by atoms with van der Waals surface area (Å²) in [6.07, 6.45) is 2.33. The van der Waals surface area contributed by atoms with Crippen molar-refractivity contribution in [3.8, 4) is 0 Å². The van der Waals surface area contributed by atoms with E-state index < -0.39 is 9.84 Å². The molecule has 1 rings (SSSR count). The maximum atomic E-state index is 11.2. The molecule has 0 heterocycles. The van der Waals surface area contributed by atoms with E-state index >= 15 is 0 Å². The molecule has 0 aliphatic carbocycles. The van der Waals surface area contributed by atoms with E-state index in [1.807, 2.05) is 7.05 Å². The van der Waals surface area contributed by atoms with Gasteiger partial charge in [0.2, 0.25) is 0 Å². The second-order valence-electron chi connectivity index (χ2n) is 5.60. The SMILES string of the molecule is CCNC(CN(C)CCS(C)(=O)=O)c1ccc(CC)cc1. The standard InChI is InChI=1S/C16H28N2O2S/c1-5-14-7-9-15(10-8-14)16(17-6-2)13-18(3)11-12-21(4,19)20/h7-10,16-17H,5-6,11-13H2,1-4H3. The molecule has 1 aromatic carbocycles. The predicted octanol–water partition coefficient (Wildman–Crippen LogP) is 1.88. The average Bonchev–Trinajstić information content (AvgIpc) is 2.44. The van der Waals surface area contributed by atoms with Crippen molar-refractivity contribution in [3.05, 3.63) is 35.4 Å². The van der Waals surface area contributed by atoms with Crippen LogP contribution in [-0.4, -0.2) is 52.0 Å². The first-order valence-electron chi connectivity index (χ1n) is 7.54. The fourth-order valence-corrected chi connectivity index (χ4v) is 2.89. The number of rotatable bonds is 9. The van der Waals surface area contributed by atoms with Gasteiger partial charge in [0.25, 0.3) is 0 Å². The maximum Gasteiger partial charge on any atom is 0.148 e. The fourth-order valence-electron chi connectivity index (χ4n) is 2.24. The van der Waals surface area contributed by atoms with Crippen molar-refractivity contribution >= 4 is 9.84 Å². The van der Waals surface area contributed by atoms with Crippen LogP contribution in [0, 0.1) is 0 Å². The molecule has 0 radical (unpaired) electrons. The molecule has 0 saturated heterocycles. The third-order valence-electron chi connectivity index (χ3n) is 3.58. The summed E-state index contributed by atoms with van der Waals surface area (Å²) in [5.74, 6) is 0.205. The molecule has 21 heavy (non-hydrogen) atoms. The Morgan fingerprint density at radius 3 is 2.29 bits per heavy atom. The highest BCUT2D eigenvalue weighted by Crippen LogP contribution is 2.15. The van der Waals surface area contributed by atoms with Crippen LogP contribution in [0.2, 0.25) is 0 Å². The van der Waals surface area contributed by atoms with Crippen molar-refractivity contribution < 1.29 is 8.42 Å². The summed E-state index contributed by atoms with van der Waals surface area (Å²) in [5, 5.41) is 3.47. The van der Waals surface area contributed by atoms with Crippen molar-refractivity contribution in [3.63, 3.8) is 0 Å². The van der Waals surface area contributed by atoms with Crippen LogP contribution in [0.4, 0.5) is 0 Å². The van der Waals surface area contributed by atoms with Crippen LogP contribution in [0.5, 0.6) is 0 Å². The Balaban J connectivity index is 2.67. The minimum Gasteiger partial charge on any atom is -0.309 e. The van der Waals surface area contributed by atoms with Crippen molar-refractivity contribution in [2.45, 2.75) is 26.3 Å². The van der Waals surface area contributed by atoms with Gasteiger partial charge in [-0.3, -0.25) is 0 Å². The van der Waals surface area contributed by atoms with Crippen LogP contribution in [-0.2, 0) is 16.3 Å². The Hall–Kier alpha value is -0.910. The van der Waals surface area contributed by atoms with Crippen LogP contribution >= 0.6 is 0 Å². The first-order chi connectivity index (χ1) is 9.85. The van der Waals surface area contributed by atoms with E-state index in [4.69, 9.17) is 0 Å². The van der Waals surface area contributed by atoms with Crippen LogP contribution < -0.4 is 5.32 Å². The number of hydrogen-bond donors (Lipinski definition) is 1. The summed E-state index contributed by atoms with van der Waals surface area (Å²) >= 11 is 0. The van der Waals surface area contributed by atoms with Gasteiger partial charge in [-0.2, -0.15) is 0 Å². The highest BCUT2D eigenvalue weighted by Gasteiger charge is 2.14. The second kappa shape index (κ2) is 8.51. The molecule has 0 aliphatic rings. The van der Waals surface area contributed by atoms with E-state index in [1.165, 1.54) is 17.4 Å². The summed E-state index contributed by atoms with van der Waals surface area (Å²) < 4.78 is 22.5. The Kier molecular flexibility index (Phi) is 7.35. The molecular formula is C16H28N2O2S. The van der Waals surface area contributed by atoms with Gasteiger partial charge >= 0.3 is 0 Å². The third-order valence-corrected chi connectivity index (χ3v) is 4.50. The highest BCUT2D eigenvalue weighted by molar-refractivity contribution is 7.90. The molecule has 120 valence electrons. The quantitative estimate of drug-likeness (QED) is 0.756. The first-order valence-corrected chi connectivity index (χ1v) is 9.60. The first kappa shape index (κ1) is 18.1. The summed E-state index contributed by atoms with van der Waals surface area (Å²) in [5.41, 5.74) is 2.58. The zero-order valence-corrected chi connectivity index (χ0v) is 14.4. The van der Waals surface area contributed by atoms with Crippen molar-refractivity contribution in [1.82, 2.24) is 10.2 Å². The molecule has 0 fully saturated rings. The number of benzene rings is 1. The van der Waals surface area contributed by atoms with Gasteiger partial charge in [0, 0.05) is 25.4 Å². The molecule has 0 aromatic heterocycles. The molecule has 0 bridgehead atoms. The molecule has 1 N–H and O–H groups in total. The van der Waals surface area contributed by atoms with E-state index in [0.29, 0.717) is 6.54 Å². The van der Waals surface area contributed by atoms with Gasteiger partial charge in [0.05, 0.1) is 5.75 Å². The monoisotopic (exact) mass is 312 g/mol. The normalized spacial score (nSPS) is 13.6. The molecule has 0 spiro atoms. The Labute approximate surface area is 129 Å². The van der Waals surface area contributed by atoms with Crippen LogP contribution in [0.1, 0.15) is 31.0 Å². The molecule has 1 atom stereocenters. The Morgan fingerprint density at radius 1 is 1.19 bits per heavy atom. The summed E-state index contributed by atoms with van der Waals surface area (Å²) in [6.45, 7) is 6.49. The minimum absolute atomic E-state index is 0.205. The smallest absolute Gasteiger partial charge is 0.148 e. The van der Waals surface area contributed by atoms with Crippen LogP contribution in [0.3, 0.4) is 0 Å². The zero-order chi connectivity index (χ0) is 15.9. The predicted molar refractivity (Wildman–Crippen MR) is 89.4 cm³/mol. The largest absolute Gasteiger partial charge is 0.309 e. The molecule has 0 amide bonds. The maximum absolute atomic E-state index is 11.2. The topological polar surface area (TPSA) is 49.4 Å². The number of sulfone groups is 1. The van der Waals surface area contributed by atoms with Crippen LogP contribution in [0.15, 0.2) is 24.3 Å². The van der Waals surface area contributed by atoms with E-state index in [-0.39, 0.29) is 11.8 Å². The summed E-state index contributed by atoms with van der Waals surface area (Å²) in [7, 11) is -0.935. The highest BCUT2D eigenvalue weighted by atomic mass is 32.2. The van der Waals surface area contributed by atoms with Crippen molar-refractivity contribution in [2.75, 3.05) is 38.7 Å². The van der Waals surface area contributed by atoms with Gasteiger partial charge in [-0.1, -0.05) is 38.1 Å². The number of nitrogens with one attached hydrogen (secondary N) is 1. The van der Waals surface area contributed by atoms with Gasteiger partial charge < -0.3 is 10.2 Å². The van der Waals surface area contributed by atoms with E-state index in [0.717, 1.165) is 19.5 Å². The van der Waals surface area contributed by atoms with E-state index in [1.54, 1.807) is 0 Å². The second-order valence-corrected chi connectivity index (χ2v) is 7.86. The fraction of sp³-hybridized carbons (Fsp3) is 0.625. The lowest BCUT2D eigenvalue weighted by Crippen LogP contribution is -2.35. The van der Waals surface area contributed by atoms with Gasteiger partial charge in [0.1, 0.15) is 9.84 Å². The molecule has 0 saturated carbocycles. The molecule has 0 aliphatic heterocycles. The number of aryl methyl sites for hydroxylation is 1. The number of nitrogens with zero attached hydrogens (tertiary/aromatic N) is 1. The summed E-state index contributed by atoms with van der Waals surface area (Å²) in [4.78, 5) is 2.07. The molecular weight excluding hydrogens is 284 g/mol. The lowest BCUT2D eigenvalue weighted by Gasteiger charge is -2.25. The lowest BCUT2D eigenvalue weighted by atomic mass is 10.0. The Bertz CT molecular complexity index is 512. The van der Waals surface area contributed by atoms with Gasteiger partial charge in [0.15, 0.2) is 0 Å². The van der Waals surface area contributed by atoms with E-state index in [2.05, 4.69) is 48.3 Å². The average molecular weight is 312 g/mol. The van der Waals surface area contributed by atoms with Crippen molar-refractivity contribution in [1.29, 1.82) is 0 Å². The minimum atomic E-state index is -2.90. The Morgan fingerprint density at radius 2 is 1.81 bits per heavy atom. The zero-order valence-electron chi connectivity index (χ0n) is 13.6. The molecule has 1 unspecified atom stereocenters. The number of likely N-dealkylation sites (N-methyl/N-ethyl adjacent to an activating group) is 2. The third kappa shape index (κ3) is 7.07. The molecule has 5 heteroatoms. The van der Waals surface area contributed by atoms with Crippen molar-refractivity contribution in [2.24, 2.45) is 0 Å². The van der Waals surface area contributed by atoms with Gasteiger partial charge in [-0.05, 0) is 31.1 Å². The van der Waals surface area contributed by atoms with Crippen LogP contribution in [0.25, 0.3) is 0 Å². The number of hydrogen-bond acceptors (Lipinski definition) is 4. The van der Waals surface area contributed by atoms with Gasteiger partial charge in [-0.15, -0.1) is 0 Å². The van der Waals surface area contributed by atoms with Gasteiger partial charge in [-0.25, -0.2) is 8.42 Å². The molecule has 4 nitrogen and oxygen atoms in total.